The van der Waals surface area contributed by atoms with Crippen molar-refractivity contribution in [3.05, 3.63) is 75.2 Å². The van der Waals surface area contributed by atoms with E-state index < -0.39 is 4.92 Å². The molecule has 0 bridgehead atoms. The quantitative estimate of drug-likeness (QED) is 0.497. The number of imidazole rings is 1. The van der Waals surface area contributed by atoms with Crippen LogP contribution in [0, 0.1) is 10.1 Å². The summed E-state index contributed by atoms with van der Waals surface area (Å²) in [6.07, 6.45) is 3.85. The molecule has 9 heteroatoms. The topological polar surface area (TPSA) is 84.0 Å². The van der Waals surface area contributed by atoms with Crippen LogP contribution >= 0.6 is 11.6 Å². The van der Waals surface area contributed by atoms with Gasteiger partial charge in [-0.15, -0.1) is 0 Å². The van der Waals surface area contributed by atoms with E-state index in [4.69, 9.17) is 11.6 Å². The van der Waals surface area contributed by atoms with Gasteiger partial charge in [0, 0.05) is 50.0 Å². The molecule has 1 amide bonds. The van der Waals surface area contributed by atoms with Crippen molar-refractivity contribution in [2.45, 2.75) is 6.54 Å². The van der Waals surface area contributed by atoms with Crippen molar-refractivity contribution < 1.29 is 9.72 Å². The minimum absolute atomic E-state index is 0.0349. The predicted octanol–water partition coefficient (Wildman–Crippen LogP) is 2.85. The van der Waals surface area contributed by atoms with Crippen molar-refractivity contribution in [3.8, 4) is 0 Å². The average molecular weight is 400 g/mol. The highest BCUT2D eigenvalue weighted by atomic mass is 35.5. The number of nitro benzene ring substituents is 1. The number of nitro groups is 1. The molecular weight excluding hydrogens is 382 g/mol. The van der Waals surface area contributed by atoms with E-state index in [1.807, 2.05) is 35.0 Å². The molecule has 0 radical (unpaired) electrons. The van der Waals surface area contributed by atoms with Crippen molar-refractivity contribution in [3.63, 3.8) is 0 Å². The number of fused-ring (bicyclic) bond motifs is 1. The number of hydrogen-bond acceptors (Lipinski definition) is 5. The molecule has 0 atom stereocenters. The number of aromatic nitrogens is 2. The molecule has 0 spiro atoms. The summed E-state index contributed by atoms with van der Waals surface area (Å²) in [4.78, 5) is 31.8. The maximum atomic E-state index is 12.8. The molecule has 8 nitrogen and oxygen atoms in total. The van der Waals surface area contributed by atoms with Crippen molar-refractivity contribution >= 4 is 28.8 Å². The third kappa shape index (κ3) is 3.56. The van der Waals surface area contributed by atoms with Crippen LogP contribution in [-0.2, 0) is 6.54 Å². The third-order valence-electron chi connectivity index (χ3n) is 4.92. The van der Waals surface area contributed by atoms with Crippen LogP contribution in [0.5, 0.6) is 0 Å². The van der Waals surface area contributed by atoms with E-state index in [2.05, 4.69) is 9.88 Å². The van der Waals surface area contributed by atoms with Crippen LogP contribution in [0.2, 0.25) is 5.02 Å². The zero-order valence-corrected chi connectivity index (χ0v) is 15.7. The van der Waals surface area contributed by atoms with E-state index in [0.717, 1.165) is 17.9 Å². The lowest BCUT2D eigenvalue weighted by Gasteiger charge is -2.34. The summed E-state index contributed by atoms with van der Waals surface area (Å²) in [5.41, 5.74) is 1.80. The van der Waals surface area contributed by atoms with Gasteiger partial charge in [0.25, 0.3) is 11.6 Å². The van der Waals surface area contributed by atoms with Crippen LogP contribution in [0.15, 0.2) is 48.8 Å². The van der Waals surface area contributed by atoms with E-state index >= 15 is 0 Å². The first-order valence-electron chi connectivity index (χ1n) is 8.89. The zero-order valence-electron chi connectivity index (χ0n) is 15.0. The van der Waals surface area contributed by atoms with Crippen LogP contribution in [-0.4, -0.2) is 56.2 Å². The number of hydrogen-bond donors (Lipinski definition) is 0. The SMILES string of the molecule is O=C(c1cc(Cl)ccc1[N+](=O)[O-])N1CCN(Cc2cnc3ccccn23)CC1. The van der Waals surface area contributed by atoms with Gasteiger partial charge in [0.05, 0.1) is 16.8 Å². The van der Waals surface area contributed by atoms with Gasteiger partial charge in [0.2, 0.25) is 0 Å². The maximum absolute atomic E-state index is 12.8. The minimum Gasteiger partial charge on any atom is -0.336 e. The lowest BCUT2D eigenvalue weighted by Crippen LogP contribution is -2.48. The zero-order chi connectivity index (χ0) is 19.7. The van der Waals surface area contributed by atoms with E-state index in [0.29, 0.717) is 31.2 Å². The van der Waals surface area contributed by atoms with E-state index in [1.165, 1.54) is 18.2 Å². The fraction of sp³-hybridized carbons (Fsp3) is 0.263. The Morgan fingerprint density at radius 2 is 1.96 bits per heavy atom. The highest BCUT2D eigenvalue weighted by Gasteiger charge is 2.28. The summed E-state index contributed by atoms with van der Waals surface area (Å²) in [5.74, 6) is -0.358. The Labute approximate surface area is 166 Å². The first-order valence-corrected chi connectivity index (χ1v) is 9.27. The Morgan fingerprint density at radius 3 is 2.71 bits per heavy atom. The monoisotopic (exact) mass is 399 g/mol. The number of piperazine rings is 1. The number of carbonyl (C=O) groups excluding carboxylic acids is 1. The van der Waals surface area contributed by atoms with Crippen LogP contribution in [0.25, 0.3) is 5.65 Å². The molecule has 1 aromatic carbocycles. The van der Waals surface area contributed by atoms with Gasteiger partial charge in [-0.1, -0.05) is 17.7 Å². The molecule has 3 heterocycles. The molecule has 1 saturated heterocycles. The normalized spacial score (nSPS) is 15.1. The second-order valence-corrected chi connectivity index (χ2v) is 7.10. The lowest BCUT2D eigenvalue weighted by atomic mass is 10.1. The summed E-state index contributed by atoms with van der Waals surface area (Å²) in [5, 5.41) is 11.5. The van der Waals surface area contributed by atoms with Crippen molar-refractivity contribution in [1.82, 2.24) is 19.2 Å². The van der Waals surface area contributed by atoms with Crippen LogP contribution < -0.4 is 0 Å². The Kier molecular flexibility index (Phi) is 4.97. The first-order chi connectivity index (χ1) is 13.5. The van der Waals surface area contributed by atoms with Gasteiger partial charge in [-0.25, -0.2) is 4.98 Å². The number of nitrogens with zero attached hydrogens (tertiary/aromatic N) is 5. The summed E-state index contributed by atoms with van der Waals surface area (Å²) >= 11 is 5.95. The molecule has 28 heavy (non-hydrogen) atoms. The standard InChI is InChI=1S/C19H18ClN5O3/c20-14-4-5-17(25(27)28)16(11-14)19(26)23-9-7-22(8-10-23)13-15-12-21-18-3-1-2-6-24(15)18/h1-6,11-12H,7-10,13H2. The largest absolute Gasteiger partial charge is 0.336 e. The fourth-order valence-electron chi connectivity index (χ4n) is 3.45. The van der Waals surface area contributed by atoms with Crippen molar-refractivity contribution in [2.24, 2.45) is 0 Å². The molecule has 0 unspecified atom stereocenters. The first kappa shape index (κ1) is 18.4. The number of pyridine rings is 1. The van der Waals surface area contributed by atoms with Gasteiger partial charge in [-0.05, 0) is 24.3 Å². The molecule has 2 aromatic heterocycles. The molecular formula is C19H18ClN5O3. The second-order valence-electron chi connectivity index (χ2n) is 6.67. The molecule has 4 rings (SSSR count). The summed E-state index contributed by atoms with van der Waals surface area (Å²) in [6.45, 7) is 3.09. The molecule has 1 aliphatic rings. The lowest BCUT2D eigenvalue weighted by molar-refractivity contribution is -0.385. The Morgan fingerprint density at radius 1 is 1.18 bits per heavy atom. The number of amides is 1. The number of carbonyl (C=O) groups is 1. The minimum atomic E-state index is -0.551. The van der Waals surface area contributed by atoms with Gasteiger partial charge >= 0.3 is 0 Å². The highest BCUT2D eigenvalue weighted by molar-refractivity contribution is 6.31. The van der Waals surface area contributed by atoms with Gasteiger partial charge in [-0.2, -0.15) is 0 Å². The van der Waals surface area contributed by atoms with Gasteiger partial charge < -0.3 is 9.30 Å². The molecule has 1 aliphatic heterocycles. The smallest absolute Gasteiger partial charge is 0.282 e. The predicted molar refractivity (Wildman–Crippen MR) is 104 cm³/mol. The van der Waals surface area contributed by atoms with E-state index in [1.54, 1.807) is 4.90 Å². The summed E-state index contributed by atoms with van der Waals surface area (Å²) in [6, 6.07) is 9.93. The van der Waals surface area contributed by atoms with Crippen molar-refractivity contribution in [2.75, 3.05) is 26.2 Å². The molecule has 1 fully saturated rings. The van der Waals surface area contributed by atoms with Crippen LogP contribution in [0.4, 0.5) is 5.69 Å². The number of rotatable bonds is 4. The fourth-order valence-corrected chi connectivity index (χ4v) is 3.62. The maximum Gasteiger partial charge on any atom is 0.282 e. The van der Waals surface area contributed by atoms with E-state index in [-0.39, 0.29) is 17.2 Å². The molecule has 0 saturated carbocycles. The third-order valence-corrected chi connectivity index (χ3v) is 5.16. The molecule has 0 aliphatic carbocycles. The molecule has 144 valence electrons. The Balaban J connectivity index is 1.44. The van der Waals surface area contributed by atoms with E-state index in [9.17, 15) is 14.9 Å². The molecule has 3 aromatic rings. The Bertz CT molecular complexity index is 1040. The van der Waals surface area contributed by atoms with Crippen molar-refractivity contribution in [1.29, 1.82) is 0 Å². The number of halogens is 1. The summed E-state index contributed by atoms with van der Waals surface area (Å²) in [7, 11) is 0. The Hall–Kier alpha value is -2.97. The van der Waals surface area contributed by atoms with Crippen LogP contribution in [0.3, 0.4) is 0 Å². The van der Waals surface area contributed by atoms with Crippen LogP contribution in [0.1, 0.15) is 16.1 Å². The van der Waals surface area contributed by atoms with Gasteiger partial charge in [0.15, 0.2) is 0 Å². The van der Waals surface area contributed by atoms with Gasteiger partial charge in [0.1, 0.15) is 11.2 Å². The summed E-state index contributed by atoms with van der Waals surface area (Å²) < 4.78 is 2.05. The van der Waals surface area contributed by atoms with Gasteiger partial charge in [-0.3, -0.25) is 19.8 Å². The number of benzene rings is 1. The molecule has 0 N–H and O–H groups in total. The average Bonchev–Trinajstić information content (AvgIpc) is 3.11. The highest BCUT2D eigenvalue weighted by Crippen LogP contribution is 2.24. The second kappa shape index (κ2) is 7.57.